The molecule has 35 heavy (non-hydrogen) atoms. The van der Waals surface area contributed by atoms with Crippen LogP contribution < -0.4 is 24.8 Å². The van der Waals surface area contributed by atoms with E-state index in [1.807, 2.05) is 31.2 Å². The Morgan fingerprint density at radius 3 is 2.40 bits per heavy atom. The van der Waals surface area contributed by atoms with Crippen LogP contribution in [-0.2, 0) is 9.59 Å². The number of benzene rings is 3. The Balaban J connectivity index is 1.71. The van der Waals surface area contributed by atoms with E-state index < -0.39 is 5.91 Å². The van der Waals surface area contributed by atoms with Gasteiger partial charge in [0.25, 0.3) is 11.8 Å². The lowest BCUT2D eigenvalue weighted by Gasteiger charge is -2.13. The molecule has 0 aliphatic heterocycles. The Kier molecular flexibility index (Phi) is 8.85. The maximum atomic E-state index is 12.6. The van der Waals surface area contributed by atoms with E-state index in [-0.39, 0.29) is 18.1 Å². The van der Waals surface area contributed by atoms with Gasteiger partial charge in [0, 0.05) is 17.4 Å². The van der Waals surface area contributed by atoms with E-state index in [2.05, 4.69) is 10.6 Å². The van der Waals surface area contributed by atoms with E-state index in [0.29, 0.717) is 40.8 Å². The molecule has 0 radical (unpaired) electrons. The third-order valence-corrected chi connectivity index (χ3v) is 4.69. The van der Waals surface area contributed by atoms with E-state index in [0.717, 1.165) is 0 Å². The molecule has 0 aromatic heterocycles. The SMILES string of the molecule is CCOc1cc(/C=C(\C#N)C(=O)Nc2cccc(OC)c2)ccc1OCC(=O)Nc1ccccc1. The molecule has 2 amide bonds. The summed E-state index contributed by atoms with van der Waals surface area (Å²) in [7, 11) is 1.53. The lowest BCUT2D eigenvalue weighted by atomic mass is 10.1. The summed E-state index contributed by atoms with van der Waals surface area (Å²) in [5, 5.41) is 15.0. The number of anilines is 2. The highest BCUT2D eigenvalue weighted by atomic mass is 16.5. The lowest BCUT2D eigenvalue weighted by molar-refractivity contribution is -0.118. The van der Waals surface area contributed by atoms with Gasteiger partial charge in [-0.1, -0.05) is 30.3 Å². The maximum absolute atomic E-state index is 12.6. The van der Waals surface area contributed by atoms with Crippen LogP contribution in [0.3, 0.4) is 0 Å². The van der Waals surface area contributed by atoms with Crippen molar-refractivity contribution in [1.29, 1.82) is 5.26 Å². The molecule has 0 aliphatic carbocycles. The summed E-state index contributed by atoms with van der Waals surface area (Å²) in [6.45, 7) is 1.97. The van der Waals surface area contributed by atoms with Crippen molar-refractivity contribution in [2.45, 2.75) is 6.92 Å². The monoisotopic (exact) mass is 471 g/mol. The Bertz CT molecular complexity index is 1250. The molecular formula is C27H25N3O5. The van der Waals surface area contributed by atoms with Crippen LogP contribution in [0.4, 0.5) is 11.4 Å². The van der Waals surface area contributed by atoms with Crippen molar-refractivity contribution < 1.29 is 23.8 Å². The molecule has 0 aliphatic rings. The minimum atomic E-state index is -0.559. The average Bonchev–Trinajstić information content (AvgIpc) is 2.87. The zero-order valence-corrected chi connectivity index (χ0v) is 19.4. The molecular weight excluding hydrogens is 446 g/mol. The van der Waals surface area contributed by atoms with Crippen molar-refractivity contribution in [3.8, 4) is 23.3 Å². The Hall–Kier alpha value is -4.77. The van der Waals surface area contributed by atoms with Gasteiger partial charge in [0.2, 0.25) is 0 Å². The predicted molar refractivity (Wildman–Crippen MR) is 133 cm³/mol. The van der Waals surface area contributed by atoms with Gasteiger partial charge in [-0.25, -0.2) is 0 Å². The van der Waals surface area contributed by atoms with E-state index in [4.69, 9.17) is 14.2 Å². The van der Waals surface area contributed by atoms with Crippen LogP contribution in [0, 0.1) is 11.3 Å². The molecule has 8 heteroatoms. The summed E-state index contributed by atoms with van der Waals surface area (Å²) in [4.78, 5) is 24.8. The zero-order valence-electron chi connectivity index (χ0n) is 19.4. The van der Waals surface area contributed by atoms with Gasteiger partial charge in [0.15, 0.2) is 18.1 Å². The molecule has 0 unspecified atom stereocenters. The number of para-hydroxylation sites is 1. The highest BCUT2D eigenvalue weighted by molar-refractivity contribution is 6.09. The molecule has 3 rings (SSSR count). The van der Waals surface area contributed by atoms with Crippen molar-refractivity contribution in [3.05, 3.63) is 83.9 Å². The van der Waals surface area contributed by atoms with Crippen LogP contribution in [0.2, 0.25) is 0 Å². The van der Waals surface area contributed by atoms with Gasteiger partial charge in [-0.05, 0) is 55.0 Å². The molecule has 0 heterocycles. The predicted octanol–water partition coefficient (Wildman–Crippen LogP) is 4.66. The Morgan fingerprint density at radius 1 is 0.914 bits per heavy atom. The first kappa shape index (κ1) is 24.9. The van der Waals surface area contributed by atoms with Crippen LogP contribution >= 0.6 is 0 Å². The molecule has 0 saturated heterocycles. The minimum absolute atomic E-state index is 0.0915. The van der Waals surface area contributed by atoms with Crippen LogP contribution in [0.15, 0.2) is 78.4 Å². The van der Waals surface area contributed by atoms with Crippen LogP contribution in [0.5, 0.6) is 17.2 Å². The van der Waals surface area contributed by atoms with Crippen molar-refractivity contribution in [2.24, 2.45) is 0 Å². The molecule has 178 valence electrons. The highest BCUT2D eigenvalue weighted by Gasteiger charge is 2.13. The standard InChI is InChI=1S/C27H25N3O5/c1-3-34-25-15-19(12-13-24(25)35-18-26(31)29-21-8-5-4-6-9-21)14-20(17-28)27(32)30-22-10-7-11-23(16-22)33-2/h4-16H,3,18H2,1-2H3,(H,29,31)(H,30,32)/b20-14+. The Labute approximate surface area is 203 Å². The number of hydrogen-bond acceptors (Lipinski definition) is 6. The third-order valence-electron chi connectivity index (χ3n) is 4.69. The minimum Gasteiger partial charge on any atom is -0.497 e. The summed E-state index contributed by atoms with van der Waals surface area (Å²) in [5.41, 5.74) is 1.64. The fourth-order valence-electron chi connectivity index (χ4n) is 3.08. The molecule has 3 aromatic rings. The number of methoxy groups -OCH3 is 1. The van der Waals surface area contributed by atoms with Gasteiger partial charge in [-0.15, -0.1) is 0 Å². The fraction of sp³-hybridized carbons (Fsp3) is 0.148. The number of hydrogen-bond donors (Lipinski definition) is 2. The topological polar surface area (TPSA) is 110 Å². The second-order valence-corrected chi connectivity index (χ2v) is 7.20. The maximum Gasteiger partial charge on any atom is 0.266 e. The molecule has 3 aromatic carbocycles. The normalized spacial score (nSPS) is 10.6. The summed E-state index contributed by atoms with van der Waals surface area (Å²) in [6.07, 6.45) is 1.45. The van der Waals surface area contributed by atoms with Gasteiger partial charge in [0.05, 0.1) is 13.7 Å². The van der Waals surface area contributed by atoms with E-state index >= 15 is 0 Å². The van der Waals surface area contributed by atoms with Gasteiger partial charge in [0.1, 0.15) is 17.4 Å². The first-order chi connectivity index (χ1) is 17.0. The lowest BCUT2D eigenvalue weighted by Crippen LogP contribution is -2.20. The summed E-state index contributed by atoms with van der Waals surface area (Å²) >= 11 is 0. The van der Waals surface area contributed by atoms with E-state index in [9.17, 15) is 14.9 Å². The van der Waals surface area contributed by atoms with Crippen molar-refractivity contribution in [1.82, 2.24) is 0 Å². The number of nitrogens with one attached hydrogen (secondary N) is 2. The first-order valence-corrected chi connectivity index (χ1v) is 10.8. The summed E-state index contributed by atoms with van der Waals surface area (Å²) < 4.78 is 16.4. The van der Waals surface area contributed by atoms with Gasteiger partial charge in [-0.2, -0.15) is 5.26 Å². The largest absolute Gasteiger partial charge is 0.497 e. The van der Waals surface area contributed by atoms with E-state index in [1.54, 1.807) is 54.6 Å². The summed E-state index contributed by atoms with van der Waals surface area (Å²) in [6, 6.07) is 22.8. The number of rotatable bonds is 10. The second kappa shape index (κ2) is 12.5. The number of carbonyl (C=O) groups is 2. The van der Waals surface area contributed by atoms with E-state index in [1.165, 1.54) is 13.2 Å². The fourth-order valence-corrected chi connectivity index (χ4v) is 3.08. The zero-order chi connectivity index (χ0) is 25.0. The van der Waals surface area contributed by atoms with Crippen molar-refractivity contribution in [3.63, 3.8) is 0 Å². The number of amides is 2. The van der Waals surface area contributed by atoms with Gasteiger partial charge in [-0.3, -0.25) is 9.59 Å². The number of nitrogens with zero attached hydrogens (tertiary/aromatic N) is 1. The number of ether oxygens (including phenoxy) is 3. The van der Waals surface area contributed by atoms with Crippen LogP contribution in [0.25, 0.3) is 6.08 Å². The second-order valence-electron chi connectivity index (χ2n) is 7.20. The molecule has 0 saturated carbocycles. The van der Waals surface area contributed by atoms with Gasteiger partial charge >= 0.3 is 0 Å². The molecule has 2 N–H and O–H groups in total. The third kappa shape index (κ3) is 7.37. The van der Waals surface area contributed by atoms with Crippen LogP contribution in [-0.4, -0.2) is 32.1 Å². The molecule has 0 atom stereocenters. The molecule has 0 spiro atoms. The smallest absolute Gasteiger partial charge is 0.266 e. The van der Waals surface area contributed by atoms with Crippen molar-refractivity contribution in [2.75, 3.05) is 31.0 Å². The Morgan fingerprint density at radius 2 is 1.69 bits per heavy atom. The van der Waals surface area contributed by atoms with Crippen molar-refractivity contribution >= 4 is 29.3 Å². The van der Waals surface area contributed by atoms with Gasteiger partial charge < -0.3 is 24.8 Å². The number of nitriles is 1. The van der Waals surface area contributed by atoms with Crippen LogP contribution in [0.1, 0.15) is 12.5 Å². The summed E-state index contributed by atoms with van der Waals surface area (Å²) in [5.74, 6) is 0.464. The molecule has 8 nitrogen and oxygen atoms in total. The molecule has 0 fully saturated rings. The average molecular weight is 472 g/mol. The quantitative estimate of drug-likeness (QED) is 0.329. The first-order valence-electron chi connectivity index (χ1n) is 10.8. The highest BCUT2D eigenvalue weighted by Crippen LogP contribution is 2.29. The molecule has 0 bridgehead atoms. The number of carbonyl (C=O) groups excluding carboxylic acids is 2.